The van der Waals surface area contributed by atoms with Gasteiger partial charge in [0, 0.05) is 19.0 Å². The molecule has 5 nitrogen and oxygen atoms in total. The van der Waals surface area contributed by atoms with Crippen LogP contribution in [0.25, 0.3) is 0 Å². The molecule has 19 heavy (non-hydrogen) atoms. The molecule has 1 aromatic heterocycles. The van der Waals surface area contributed by atoms with Gasteiger partial charge in [-0.15, -0.1) is 10.2 Å². The molecule has 0 radical (unpaired) electrons. The van der Waals surface area contributed by atoms with E-state index in [1.807, 2.05) is 32.0 Å². The summed E-state index contributed by atoms with van der Waals surface area (Å²) in [5.74, 6) is -0.931. The van der Waals surface area contributed by atoms with Crippen molar-refractivity contribution in [2.75, 3.05) is 19.0 Å². The normalized spacial score (nSPS) is 10.5. The Morgan fingerprint density at radius 1 is 1.37 bits per heavy atom. The van der Waals surface area contributed by atoms with Crippen molar-refractivity contribution in [3.8, 4) is 0 Å². The molecule has 0 aliphatic rings. The third kappa shape index (κ3) is 3.24. The first kappa shape index (κ1) is 13.8. The van der Waals surface area contributed by atoms with Crippen LogP contribution in [0.5, 0.6) is 0 Å². The van der Waals surface area contributed by atoms with Crippen LogP contribution >= 0.6 is 23.1 Å². The first-order chi connectivity index (χ1) is 8.97. The van der Waals surface area contributed by atoms with Crippen LogP contribution in [-0.4, -0.2) is 35.4 Å². The zero-order valence-corrected chi connectivity index (χ0v) is 12.4. The zero-order chi connectivity index (χ0) is 14.0. The van der Waals surface area contributed by atoms with Crippen LogP contribution in [0.4, 0.5) is 5.13 Å². The number of anilines is 1. The molecule has 0 unspecified atom stereocenters. The molecule has 0 fully saturated rings. The molecule has 0 saturated carbocycles. The Hall–Kier alpha value is -1.60. The molecule has 0 amide bonds. The van der Waals surface area contributed by atoms with E-state index in [2.05, 4.69) is 10.2 Å². The van der Waals surface area contributed by atoms with Crippen LogP contribution in [-0.2, 0) is 0 Å². The summed E-state index contributed by atoms with van der Waals surface area (Å²) >= 11 is 2.77. The number of benzene rings is 1. The lowest BCUT2D eigenvalue weighted by molar-refractivity contribution is 0.0693. The summed E-state index contributed by atoms with van der Waals surface area (Å²) in [6, 6.07) is 5.26. The highest BCUT2D eigenvalue weighted by Crippen LogP contribution is 2.35. The Balaban J connectivity index is 2.31. The molecule has 0 atom stereocenters. The standard InChI is InChI=1S/C12H13N3O2S2/c1-7-4-5-8(10(16)17)9(6-7)18-12-14-13-11(19-12)15(2)3/h4-6H,1-3H3,(H,16,17). The molecule has 100 valence electrons. The first-order valence-electron chi connectivity index (χ1n) is 5.50. The van der Waals surface area contributed by atoms with Crippen molar-refractivity contribution in [1.82, 2.24) is 10.2 Å². The van der Waals surface area contributed by atoms with E-state index in [9.17, 15) is 9.90 Å². The smallest absolute Gasteiger partial charge is 0.336 e. The maximum absolute atomic E-state index is 11.2. The molecule has 0 aliphatic heterocycles. The number of aromatic nitrogens is 2. The second-order valence-electron chi connectivity index (χ2n) is 4.15. The van der Waals surface area contributed by atoms with Gasteiger partial charge in [-0.25, -0.2) is 4.79 Å². The summed E-state index contributed by atoms with van der Waals surface area (Å²) in [5, 5.41) is 18.1. The SMILES string of the molecule is Cc1ccc(C(=O)O)c(Sc2nnc(N(C)C)s2)c1. The summed E-state index contributed by atoms with van der Waals surface area (Å²) in [6.45, 7) is 1.93. The molecule has 1 heterocycles. The van der Waals surface area contributed by atoms with Crippen molar-refractivity contribution >= 4 is 34.2 Å². The number of rotatable bonds is 4. The quantitative estimate of drug-likeness (QED) is 0.935. The van der Waals surface area contributed by atoms with Gasteiger partial charge in [0.1, 0.15) is 0 Å². The Kier molecular flexibility index (Phi) is 4.06. The van der Waals surface area contributed by atoms with E-state index in [4.69, 9.17) is 0 Å². The van der Waals surface area contributed by atoms with Gasteiger partial charge in [-0.05, 0) is 24.6 Å². The fraction of sp³-hybridized carbons (Fsp3) is 0.250. The minimum atomic E-state index is -0.931. The number of carboxylic acid groups (broad SMARTS) is 1. The van der Waals surface area contributed by atoms with Crippen LogP contribution in [0.15, 0.2) is 27.4 Å². The molecule has 7 heteroatoms. The third-order valence-corrected chi connectivity index (χ3v) is 4.54. The Morgan fingerprint density at radius 2 is 2.11 bits per heavy atom. The van der Waals surface area contributed by atoms with Crippen molar-refractivity contribution in [3.05, 3.63) is 29.3 Å². The monoisotopic (exact) mass is 295 g/mol. The van der Waals surface area contributed by atoms with Crippen molar-refractivity contribution in [2.24, 2.45) is 0 Å². The molecule has 0 spiro atoms. The lowest BCUT2D eigenvalue weighted by Gasteiger charge is -2.05. The van der Waals surface area contributed by atoms with Crippen molar-refractivity contribution in [1.29, 1.82) is 0 Å². The molecule has 0 aliphatic carbocycles. The highest BCUT2D eigenvalue weighted by Gasteiger charge is 2.14. The lowest BCUT2D eigenvalue weighted by Crippen LogP contribution is -2.07. The predicted octanol–water partition coefficient (Wildman–Crippen LogP) is 2.76. The number of hydrogen-bond acceptors (Lipinski definition) is 6. The lowest BCUT2D eigenvalue weighted by atomic mass is 10.1. The minimum Gasteiger partial charge on any atom is -0.478 e. The van der Waals surface area contributed by atoms with Crippen molar-refractivity contribution in [2.45, 2.75) is 16.2 Å². The van der Waals surface area contributed by atoms with Gasteiger partial charge < -0.3 is 10.0 Å². The Bertz CT molecular complexity index is 611. The second-order valence-corrected chi connectivity index (χ2v) is 6.40. The summed E-state index contributed by atoms with van der Waals surface area (Å²) in [5.41, 5.74) is 1.31. The number of aromatic carboxylic acids is 1. The van der Waals surface area contributed by atoms with Crippen LogP contribution in [0.3, 0.4) is 0 Å². The maximum Gasteiger partial charge on any atom is 0.336 e. The van der Waals surface area contributed by atoms with Crippen molar-refractivity contribution < 1.29 is 9.90 Å². The maximum atomic E-state index is 11.2. The summed E-state index contributed by atoms with van der Waals surface area (Å²) in [4.78, 5) is 13.7. The highest BCUT2D eigenvalue weighted by atomic mass is 32.2. The largest absolute Gasteiger partial charge is 0.478 e. The third-order valence-electron chi connectivity index (χ3n) is 2.34. The van der Waals surface area contributed by atoms with Crippen LogP contribution in [0.2, 0.25) is 0 Å². The van der Waals surface area contributed by atoms with Crippen molar-refractivity contribution in [3.63, 3.8) is 0 Å². The van der Waals surface area contributed by atoms with E-state index in [0.29, 0.717) is 4.90 Å². The number of carbonyl (C=O) groups is 1. The molecular weight excluding hydrogens is 282 g/mol. The average molecular weight is 295 g/mol. The molecule has 0 saturated heterocycles. The van der Waals surface area contributed by atoms with Crippen LogP contribution in [0.1, 0.15) is 15.9 Å². The van der Waals surface area contributed by atoms with E-state index >= 15 is 0 Å². The van der Waals surface area contributed by atoms with Crippen LogP contribution < -0.4 is 4.90 Å². The molecule has 2 rings (SSSR count). The summed E-state index contributed by atoms with van der Waals surface area (Å²) in [6.07, 6.45) is 0. The topological polar surface area (TPSA) is 66.3 Å². The van der Waals surface area contributed by atoms with Gasteiger partial charge in [0.15, 0.2) is 4.34 Å². The van der Waals surface area contributed by atoms with Gasteiger partial charge in [-0.3, -0.25) is 0 Å². The fourth-order valence-corrected chi connectivity index (χ4v) is 3.35. The summed E-state index contributed by atoms with van der Waals surface area (Å²) in [7, 11) is 3.79. The molecule has 1 aromatic carbocycles. The van der Waals surface area contributed by atoms with Gasteiger partial charge in [0.05, 0.1) is 5.56 Å². The van der Waals surface area contributed by atoms with Crippen LogP contribution in [0, 0.1) is 6.92 Å². The van der Waals surface area contributed by atoms with E-state index in [-0.39, 0.29) is 5.56 Å². The highest BCUT2D eigenvalue weighted by molar-refractivity contribution is 8.01. The van der Waals surface area contributed by atoms with E-state index in [1.165, 1.54) is 23.1 Å². The number of carboxylic acids is 1. The molecular formula is C12H13N3O2S2. The molecule has 0 bridgehead atoms. The first-order valence-corrected chi connectivity index (χ1v) is 7.13. The fourth-order valence-electron chi connectivity index (χ4n) is 1.41. The Labute approximate surface area is 119 Å². The number of aryl methyl sites for hydroxylation is 1. The zero-order valence-electron chi connectivity index (χ0n) is 10.7. The van der Waals surface area contributed by atoms with E-state index < -0.39 is 5.97 Å². The summed E-state index contributed by atoms with van der Waals surface area (Å²) < 4.78 is 0.733. The number of hydrogen-bond donors (Lipinski definition) is 1. The van der Waals surface area contributed by atoms with Gasteiger partial charge >= 0.3 is 5.97 Å². The molecule has 2 aromatic rings. The van der Waals surface area contributed by atoms with Gasteiger partial charge in [-0.2, -0.15) is 0 Å². The number of nitrogens with zero attached hydrogens (tertiary/aromatic N) is 3. The van der Waals surface area contributed by atoms with Gasteiger partial charge in [0.2, 0.25) is 5.13 Å². The second kappa shape index (κ2) is 5.58. The minimum absolute atomic E-state index is 0.289. The predicted molar refractivity (Wildman–Crippen MR) is 76.5 cm³/mol. The van der Waals surface area contributed by atoms with E-state index in [1.54, 1.807) is 12.1 Å². The average Bonchev–Trinajstić information content (AvgIpc) is 2.77. The van der Waals surface area contributed by atoms with E-state index in [0.717, 1.165) is 15.0 Å². The van der Waals surface area contributed by atoms with Gasteiger partial charge in [-0.1, -0.05) is 29.2 Å². The van der Waals surface area contributed by atoms with Gasteiger partial charge in [0.25, 0.3) is 0 Å². The molecule has 1 N–H and O–H groups in total. The Morgan fingerprint density at radius 3 is 2.68 bits per heavy atom.